The van der Waals surface area contributed by atoms with Crippen LogP contribution in [0.3, 0.4) is 0 Å². The SMILES string of the molecule is Cc1ccc(S(=O)(=O)Oc2ccc(C(=O)COC(=O)CCC(=O)Nc3cc(C)ccc3C)cc2)cc1. The van der Waals surface area contributed by atoms with Gasteiger partial charge in [0.05, 0.1) is 6.42 Å². The molecule has 0 heterocycles. The normalized spacial score (nSPS) is 11.0. The molecule has 36 heavy (non-hydrogen) atoms. The molecule has 0 saturated carbocycles. The van der Waals surface area contributed by atoms with E-state index in [4.69, 9.17) is 8.92 Å². The van der Waals surface area contributed by atoms with Gasteiger partial charge in [-0.1, -0.05) is 29.8 Å². The fourth-order valence-corrected chi connectivity index (χ4v) is 4.11. The van der Waals surface area contributed by atoms with Crippen LogP contribution in [0.15, 0.2) is 71.6 Å². The fraction of sp³-hybridized carbons (Fsp3) is 0.222. The molecule has 0 saturated heterocycles. The summed E-state index contributed by atoms with van der Waals surface area (Å²) in [6, 6.07) is 17.4. The monoisotopic (exact) mass is 509 g/mol. The largest absolute Gasteiger partial charge is 0.457 e. The summed E-state index contributed by atoms with van der Waals surface area (Å²) in [5, 5.41) is 2.76. The number of Topliss-reactive ketones (excluding diaryl/α,β-unsaturated/α-hetero) is 1. The van der Waals surface area contributed by atoms with Crippen LogP contribution in [0, 0.1) is 20.8 Å². The van der Waals surface area contributed by atoms with Crippen molar-refractivity contribution in [2.75, 3.05) is 11.9 Å². The number of nitrogens with one attached hydrogen (secondary N) is 1. The average molecular weight is 510 g/mol. The molecule has 1 amide bonds. The highest BCUT2D eigenvalue weighted by atomic mass is 32.2. The van der Waals surface area contributed by atoms with Crippen molar-refractivity contribution >= 4 is 33.5 Å². The van der Waals surface area contributed by atoms with Crippen LogP contribution in [0.2, 0.25) is 0 Å². The van der Waals surface area contributed by atoms with E-state index in [0.29, 0.717) is 5.69 Å². The predicted octanol–water partition coefficient (Wildman–Crippen LogP) is 4.52. The highest BCUT2D eigenvalue weighted by Gasteiger charge is 2.17. The maximum atomic E-state index is 12.4. The molecule has 0 unspecified atom stereocenters. The van der Waals surface area contributed by atoms with Gasteiger partial charge in [0.15, 0.2) is 12.4 Å². The van der Waals surface area contributed by atoms with Crippen LogP contribution in [0.5, 0.6) is 5.75 Å². The van der Waals surface area contributed by atoms with Crippen molar-refractivity contribution in [2.45, 2.75) is 38.5 Å². The minimum Gasteiger partial charge on any atom is -0.457 e. The standard InChI is InChI=1S/C27H27NO7S/c1-18-5-12-23(13-6-18)36(32,33)35-22-10-8-21(9-11-22)25(29)17-34-27(31)15-14-26(30)28-24-16-19(2)4-7-20(24)3/h4-13,16H,14-15,17H2,1-3H3,(H,28,30). The summed E-state index contributed by atoms with van der Waals surface area (Å²) in [7, 11) is -4.01. The van der Waals surface area contributed by atoms with Gasteiger partial charge in [0, 0.05) is 17.7 Å². The van der Waals surface area contributed by atoms with Gasteiger partial charge in [-0.2, -0.15) is 8.42 Å². The first-order valence-corrected chi connectivity index (χ1v) is 12.6. The quantitative estimate of drug-likeness (QED) is 0.243. The Kier molecular flexibility index (Phi) is 8.60. The first-order valence-electron chi connectivity index (χ1n) is 11.2. The van der Waals surface area contributed by atoms with Gasteiger partial charge in [-0.15, -0.1) is 0 Å². The molecule has 0 radical (unpaired) electrons. The van der Waals surface area contributed by atoms with Gasteiger partial charge >= 0.3 is 16.1 Å². The van der Waals surface area contributed by atoms with Crippen molar-refractivity contribution < 1.29 is 31.7 Å². The first-order chi connectivity index (χ1) is 17.0. The molecule has 9 heteroatoms. The Hall–Kier alpha value is -3.98. The fourth-order valence-electron chi connectivity index (χ4n) is 3.18. The Bertz CT molecular complexity index is 1360. The molecule has 0 spiro atoms. The van der Waals surface area contributed by atoms with E-state index >= 15 is 0 Å². The number of anilines is 1. The van der Waals surface area contributed by atoms with Crippen LogP contribution < -0.4 is 9.50 Å². The molecule has 3 aromatic rings. The molecule has 0 aromatic heterocycles. The summed E-state index contributed by atoms with van der Waals surface area (Å²) in [5.41, 5.74) is 3.73. The number of rotatable bonds is 10. The van der Waals surface area contributed by atoms with Crippen molar-refractivity contribution in [3.8, 4) is 5.75 Å². The summed E-state index contributed by atoms with van der Waals surface area (Å²) in [6.07, 6.45) is -0.254. The zero-order valence-electron chi connectivity index (χ0n) is 20.2. The maximum Gasteiger partial charge on any atom is 0.339 e. The van der Waals surface area contributed by atoms with Crippen LogP contribution in [0.1, 0.15) is 39.9 Å². The lowest BCUT2D eigenvalue weighted by molar-refractivity contribution is -0.143. The Labute approximate surface area is 210 Å². The number of benzene rings is 3. The van der Waals surface area contributed by atoms with Crippen molar-refractivity contribution in [2.24, 2.45) is 0 Å². The van der Waals surface area contributed by atoms with E-state index in [1.165, 1.54) is 36.4 Å². The first kappa shape index (κ1) is 26.6. The third-order valence-electron chi connectivity index (χ3n) is 5.28. The Balaban J connectivity index is 1.46. The van der Waals surface area contributed by atoms with Crippen LogP contribution in [-0.2, 0) is 24.4 Å². The van der Waals surface area contributed by atoms with Crippen molar-refractivity contribution in [3.63, 3.8) is 0 Å². The minimum atomic E-state index is -4.01. The highest BCUT2D eigenvalue weighted by molar-refractivity contribution is 7.87. The van der Waals surface area contributed by atoms with E-state index in [2.05, 4.69) is 5.32 Å². The molecule has 0 atom stereocenters. The zero-order chi connectivity index (χ0) is 26.3. The molecule has 0 fully saturated rings. The molecule has 188 valence electrons. The smallest absolute Gasteiger partial charge is 0.339 e. The second-order valence-electron chi connectivity index (χ2n) is 8.33. The third-order valence-corrected chi connectivity index (χ3v) is 6.54. The molecule has 0 aliphatic heterocycles. The Morgan fingerprint density at radius 2 is 1.44 bits per heavy atom. The number of esters is 1. The lowest BCUT2D eigenvalue weighted by Gasteiger charge is -2.09. The number of carbonyl (C=O) groups is 3. The summed E-state index contributed by atoms with van der Waals surface area (Å²) >= 11 is 0. The molecule has 0 aliphatic rings. The van der Waals surface area contributed by atoms with Gasteiger partial charge in [-0.05, 0) is 74.4 Å². The number of hydrogen-bond donors (Lipinski definition) is 1. The number of hydrogen-bond acceptors (Lipinski definition) is 7. The number of ketones is 1. The van der Waals surface area contributed by atoms with Crippen molar-refractivity contribution in [1.82, 2.24) is 0 Å². The van der Waals surface area contributed by atoms with E-state index in [0.717, 1.165) is 16.7 Å². The van der Waals surface area contributed by atoms with Crippen LogP contribution >= 0.6 is 0 Å². The van der Waals surface area contributed by atoms with E-state index in [9.17, 15) is 22.8 Å². The van der Waals surface area contributed by atoms with Crippen LogP contribution in [-0.4, -0.2) is 32.7 Å². The highest BCUT2D eigenvalue weighted by Crippen LogP contribution is 2.20. The second-order valence-corrected chi connectivity index (χ2v) is 9.87. The summed E-state index contributed by atoms with van der Waals surface area (Å²) in [4.78, 5) is 36.5. The molecule has 8 nitrogen and oxygen atoms in total. The summed E-state index contributed by atoms with van der Waals surface area (Å²) < 4.78 is 34.8. The van der Waals surface area contributed by atoms with Gasteiger partial charge in [-0.25, -0.2) is 0 Å². The zero-order valence-corrected chi connectivity index (χ0v) is 21.1. The van der Waals surface area contributed by atoms with Gasteiger partial charge in [0.2, 0.25) is 5.91 Å². The van der Waals surface area contributed by atoms with Crippen LogP contribution in [0.4, 0.5) is 5.69 Å². The minimum absolute atomic E-state index is 0.0165. The van der Waals surface area contributed by atoms with E-state index in [1.54, 1.807) is 12.1 Å². The summed E-state index contributed by atoms with van der Waals surface area (Å²) in [6.45, 7) is 5.13. The summed E-state index contributed by atoms with van der Waals surface area (Å²) in [5.74, 6) is -1.44. The van der Waals surface area contributed by atoms with Crippen molar-refractivity contribution in [1.29, 1.82) is 0 Å². The van der Waals surface area contributed by atoms with Gasteiger partial charge in [0.25, 0.3) is 0 Å². The van der Waals surface area contributed by atoms with Gasteiger partial charge in [-0.3, -0.25) is 14.4 Å². The molecule has 0 aliphatic carbocycles. The second kappa shape index (κ2) is 11.6. The lowest BCUT2D eigenvalue weighted by Crippen LogP contribution is -2.17. The maximum absolute atomic E-state index is 12.4. The van der Waals surface area contributed by atoms with E-state index < -0.39 is 28.5 Å². The van der Waals surface area contributed by atoms with Gasteiger partial charge < -0.3 is 14.2 Å². The van der Waals surface area contributed by atoms with Crippen LogP contribution in [0.25, 0.3) is 0 Å². The third kappa shape index (κ3) is 7.51. The Morgan fingerprint density at radius 1 is 0.806 bits per heavy atom. The molecule has 1 N–H and O–H groups in total. The Morgan fingerprint density at radius 3 is 2.11 bits per heavy atom. The van der Waals surface area contributed by atoms with Gasteiger partial charge in [0.1, 0.15) is 10.6 Å². The van der Waals surface area contributed by atoms with Crippen molar-refractivity contribution in [3.05, 3.63) is 89.0 Å². The average Bonchev–Trinajstić information content (AvgIpc) is 2.84. The number of aryl methyl sites for hydroxylation is 3. The lowest BCUT2D eigenvalue weighted by atomic mass is 10.1. The number of ether oxygens (including phenoxy) is 1. The molecular weight excluding hydrogens is 482 g/mol. The molecule has 0 bridgehead atoms. The van der Waals surface area contributed by atoms with E-state index in [1.807, 2.05) is 39.0 Å². The predicted molar refractivity (Wildman–Crippen MR) is 135 cm³/mol. The number of amides is 1. The molecule has 3 aromatic carbocycles. The topological polar surface area (TPSA) is 116 Å². The van der Waals surface area contributed by atoms with E-state index in [-0.39, 0.29) is 35.0 Å². The number of carbonyl (C=O) groups excluding carboxylic acids is 3. The molecule has 3 rings (SSSR count). The molecular formula is C27H27NO7S.